The third-order valence-electron chi connectivity index (χ3n) is 5.25. The predicted molar refractivity (Wildman–Crippen MR) is 123 cm³/mol. The lowest BCUT2D eigenvalue weighted by Gasteiger charge is -2.28. The lowest BCUT2D eigenvalue weighted by atomic mass is 10.0. The first-order chi connectivity index (χ1) is 15.4. The van der Waals surface area contributed by atoms with E-state index in [1.807, 2.05) is 36.4 Å². The third-order valence-corrected chi connectivity index (χ3v) is 5.25. The van der Waals surface area contributed by atoms with Gasteiger partial charge >= 0.3 is 6.09 Å². The van der Waals surface area contributed by atoms with E-state index >= 15 is 0 Å². The second-order valence-corrected chi connectivity index (χ2v) is 8.00. The summed E-state index contributed by atoms with van der Waals surface area (Å²) in [6.45, 7) is 3.96. The van der Waals surface area contributed by atoms with Crippen molar-refractivity contribution in [3.05, 3.63) is 53.6 Å². The lowest BCUT2D eigenvalue weighted by Crippen LogP contribution is -2.41. The summed E-state index contributed by atoms with van der Waals surface area (Å²) in [6, 6.07) is 13.3. The molecule has 32 heavy (non-hydrogen) atoms. The Morgan fingerprint density at radius 3 is 2.34 bits per heavy atom. The number of amides is 2. The predicted octanol–water partition coefficient (Wildman–Crippen LogP) is 2.69. The summed E-state index contributed by atoms with van der Waals surface area (Å²) in [6.07, 6.45) is 0.740. The van der Waals surface area contributed by atoms with E-state index in [9.17, 15) is 19.8 Å². The van der Waals surface area contributed by atoms with E-state index in [4.69, 9.17) is 4.74 Å². The smallest absolute Gasteiger partial charge is 0.411 e. The molecular formula is C24H31N3O5. The van der Waals surface area contributed by atoms with Crippen molar-refractivity contribution >= 4 is 29.1 Å². The van der Waals surface area contributed by atoms with Gasteiger partial charge in [-0.3, -0.25) is 19.9 Å². The molecule has 0 saturated carbocycles. The van der Waals surface area contributed by atoms with Gasteiger partial charge in [-0.2, -0.15) is 0 Å². The number of benzene rings is 2. The highest BCUT2D eigenvalue weighted by Crippen LogP contribution is 2.37. The quantitative estimate of drug-likeness (QED) is 0.582. The van der Waals surface area contributed by atoms with Crippen LogP contribution in [0.4, 0.5) is 21.9 Å². The molecule has 0 atom stereocenters. The Labute approximate surface area is 188 Å². The van der Waals surface area contributed by atoms with Gasteiger partial charge in [0, 0.05) is 18.8 Å². The number of nitrogens with one attached hydrogen (secondary N) is 1. The summed E-state index contributed by atoms with van der Waals surface area (Å²) in [7, 11) is 0. The van der Waals surface area contributed by atoms with Crippen molar-refractivity contribution in [1.82, 2.24) is 4.90 Å². The van der Waals surface area contributed by atoms with E-state index in [0.717, 1.165) is 29.7 Å². The summed E-state index contributed by atoms with van der Waals surface area (Å²) in [4.78, 5) is 29.0. The molecule has 0 saturated heterocycles. The number of anilines is 3. The molecule has 3 rings (SSSR count). The number of para-hydroxylation sites is 1. The van der Waals surface area contributed by atoms with Gasteiger partial charge in [0.2, 0.25) is 5.91 Å². The summed E-state index contributed by atoms with van der Waals surface area (Å²) in [5.74, 6) is -0.176. The number of carbonyl (C=O) groups is 2. The number of hydrogen-bond donors (Lipinski definition) is 3. The van der Waals surface area contributed by atoms with Gasteiger partial charge in [0.1, 0.15) is 0 Å². The maximum absolute atomic E-state index is 13.5. The van der Waals surface area contributed by atoms with E-state index in [2.05, 4.69) is 5.32 Å². The van der Waals surface area contributed by atoms with Crippen LogP contribution in [0.5, 0.6) is 0 Å². The fraction of sp³-hybridized carbons (Fsp3) is 0.417. The molecule has 0 unspecified atom stereocenters. The largest absolute Gasteiger partial charge is 0.447 e. The second kappa shape index (κ2) is 11.1. The zero-order chi connectivity index (χ0) is 23.1. The molecule has 0 spiro atoms. The average molecular weight is 442 g/mol. The fourth-order valence-electron chi connectivity index (χ4n) is 3.85. The van der Waals surface area contributed by atoms with Gasteiger partial charge in [0.15, 0.2) is 0 Å². The van der Waals surface area contributed by atoms with Crippen molar-refractivity contribution in [2.75, 3.05) is 43.1 Å². The van der Waals surface area contributed by atoms with E-state index in [0.29, 0.717) is 11.4 Å². The van der Waals surface area contributed by atoms with E-state index in [-0.39, 0.29) is 44.9 Å². The van der Waals surface area contributed by atoms with Crippen LogP contribution in [0.2, 0.25) is 0 Å². The van der Waals surface area contributed by atoms with Crippen LogP contribution >= 0.6 is 0 Å². The van der Waals surface area contributed by atoms with Gasteiger partial charge in [-0.25, -0.2) is 4.79 Å². The number of aryl methyl sites for hydroxylation is 2. The molecule has 0 aromatic heterocycles. The highest BCUT2D eigenvalue weighted by molar-refractivity contribution is 6.04. The number of nitrogens with zero attached hydrogens (tertiary/aromatic N) is 2. The highest BCUT2D eigenvalue weighted by atomic mass is 16.6. The summed E-state index contributed by atoms with van der Waals surface area (Å²) >= 11 is 0. The van der Waals surface area contributed by atoms with Crippen molar-refractivity contribution in [3.63, 3.8) is 0 Å². The van der Waals surface area contributed by atoms with Crippen molar-refractivity contribution in [2.45, 2.75) is 32.8 Å². The van der Waals surface area contributed by atoms with Gasteiger partial charge in [-0.05, 0) is 56.0 Å². The number of aliphatic hydroxyl groups is 2. The van der Waals surface area contributed by atoms with Crippen molar-refractivity contribution in [2.24, 2.45) is 0 Å². The highest BCUT2D eigenvalue weighted by Gasteiger charge is 2.27. The maximum Gasteiger partial charge on any atom is 0.411 e. The van der Waals surface area contributed by atoms with Gasteiger partial charge in [0.25, 0.3) is 0 Å². The lowest BCUT2D eigenvalue weighted by molar-refractivity contribution is -0.119. The topological polar surface area (TPSA) is 102 Å². The summed E-state index contributed by atoms with van der Waals surface area (Å²) in [5, 5.41) is 21.4. The maximum atomic E-state index is 13.5. The number of hydrogen-bond acceptors (Lipinski definition) is 6. The van der Waals surface area contributed by atoms with Gasteiger partial charge in [-0.15, -0.1) is 0 Å². The van der Waals surface area contributed by atoms with Crippen LogP contribution in [-0.4, -0.2) is 66.1 Å². The van der Waals surface area contributed by atoms with Gasteiger partial charge in [-0.1, -0.05) is 24.3 Å². The number of carbonyl (C=O) groups excluding carboxylic acids is 2. The minimum Gasteiger partial charge on any atom is -0.447 e. The Morgan fingerprint density at radius 2 is 1.69 bits per heavy atom. The molecule has 1 aliphatic heterocycles. The first-order valence-electron chi connectivity index (χ1n) is 10.9. The first kappa shape index (κ1) is 23.7. The zero-order valence-electron chi connectivity index (χ0n) is 18.6. The van der Waals surface area contributed by atoms with Crippen LogP contribution in [-0.2, 0) is 22.4 Å². The Morgan fingerprint density at radius 1 is 1.03 bits per heavy atom. The van der Waals surface area contributed by atoms with Crippen molar-refractivity contribution < 1.29 is 24.5 Å². The number of rotatable bonds is 8. The molecule has 0 fully saturated rings. The van der Waals surface area contributed by atoms with Gasteiger partial charge in [0.05, 0.1) is 37.2 Å². The molecular weight excluding hydrogens is 410 g/mol. The Kier molecular flexibility index (Phi) is 8.21. The molecule has 0 aliphatic carbocycles. The van der Waals surface area contributed by atoms with Crippen LogP contribution in [0.25, 0.3) is 0 Å². The fourth-order valence-corrected chi connectivity index (χ4v) is 3.85. The van der Waals surface area contributed by atoms with E-state index < -0.39 is 6.09 Å². The van der Waals surface area contributed by atoms with Crippen LogP contribution in [0.3, 0.4) is 0 Å². The van der Waals surface area contributed by atoms with Crippen molar-refractivity contribution in [1.29, 1.82) is 0 Å². The zero-order valence-corrected chi connectivity index (χ0v) is 18.6. The number of fused-ring (bicyclic) bond motifs is 2. The molecule has 1 aliphatic rings. The number of ether oxygens (including phenoxy) is 1. The van der Waals surface area contributed by atoms with Crippen LogP contribution in [0.15, 0.2) is 42.5 Å². The summed E-state index contributed by atoms with van der Waals surface area (Å²) < 4.78 is 5.18. The molecule has 172 valence electrons. The van der Waals surface area contributed by atoms with Crippen LogP contribution in [0.1, 0.15) is 25.0 Å². The normalized spacial score (nSPS) is 12.9. The first-order valence-corrected chi connectivity index (χ1v) is 10.9. The average Bonchev–Trinajstić information content (AvgIpc) is 2.90. The Hall–Kier alpha value is -2.94. The molecule has 2 aromatic carbocycles. The van der Waals surface area contributed by atoms with Crippen molar-refractivity contribution in [3.8, 4) is 0 Å². The molecule has 2 amide bonds. The molecule has 8 heteroatoms. The summed E-state index contributed by atoms with van der Waals surface area (Å²) in [5.41, 5.74) is 4.09. The van der Waals surface area contributed by atoms with Gasteiger partial charge < -0.3 is 14.9 Å². The van der Waals surface area contributed by atoms with Crippen LogP contribution in [0, 0.1) is 0 Å². The molecule has 3 N–H and O–H groups in total. The Balaban J connectivity index is 1.98. The molecule has 1 heterocycles. The van der Waals surface area contributed by atoms with Crippen LogP contribution < -0.4 is 10.2 Å². The minimum absolute atomic E-state index is 0.0436. The minimum atomic E-state index is -0.552. The SMILES string of the molecule is CC(C)OC(=O)Nc1ccc2c(c1)N(C(=O)CN(CCO)CCO)c1ccccc1CC2. The number of aliphatic hydroxyl groups excluding tert-OH is 2. The van der Waals surface area contributed by atoms with E-state index in [1.54, 1.807) is 29.7 Å². The monoisotopic (exact) mass is 441 g/mol. The molecule has 0 bridgehead atoms. The van der Waals surface area contributed by atoms with E-state index in [1.165, 1.54) is 0 Å². The second-order valence-electron chi connectivity index (χ2n) is 8.00. The molecule has 8 nitrogen and oxygen atoms in total. The Bertz CT molecular complexity index is 941. The molecule has 2 aromatic rings. The third kappa shape index (κ3) is 5.85. The molecule has 0 radical (unpaired) electrons. The standard InChI is InChI=1S/C24H31N3O5/c1-17(2)32-24(31)25-20-10-9-19-8-7-18-5-3-4-6-21(18)27(22(19)15-20)23(30)16-26(11-13-28)12-14-29/h3-6,9-10,15,17,28-29H,7-8,11-14,16H2,1-2H3,(H,25,31).